The van der Waals surface area contributed by atoms with Gasteiger partial charge < -0.3 is 10.0 Å². The molecule has 0 aliphatic heterocycles. The van der Waals surface area contributed by atoms with Crippen LogP contribution in [0.25, 0.3) is 32.7 Å². The molecule has 0 amide bonds. The molecule has 0 aliphatic carbocycles. The minimum absolute atomic E-state index is 0.434. The van der Waals surface area contributed by atoms with Crippen LogP contribution in [0.5, 0.6) is 0 Å². The maximum absolute atomic E-state index is 10.2. The Bertz CT molecular complexity index is 1110. The summed E-state index contributed by atoms with van der Waals surface area (Å²) in [5.74, 6) is 0.868. The lowest BCUT2D eigenvalue weighted by Gasteiger charge is -2.19. The van der Waals surface area contributed by atoms with Crippen LogP contribution in [0.1, 0.15) is 50.7 Å². The molecule has 0 radical (unpaired) electrons. The van der Waals surface area contributed by atoms with Gasteiger partial charge in [-0.1, -0.05) is 94.4 Å². The van der Waals surface area contributed by atoms with Gasteiger partial charge in [0.05, 0.1) is 0 Å². The Kier molecular flexibility index (Phi) is 5.20. The third-order valence-electron chi connectivity index (χ3n) is 5.83. The maximum Gasteiger partial charge on any atom is 0.489 e. The lowest BCUT2D eigenvalue weighted by Crippen LogP contribution is -2.31. The Labute approximate surface area is 173 Å². The highest BCUT2D eigenvalue weighted by Crippen LogP contribution is 2.38. The van der Waals surface area contributed by atoms with Crippen LogP contribution in [0.3, 0.4) is 0 Å². The van der Waals surface area contributed by atoms with Crippen molar-refractivity contribution in [1.82, 2.24) is 0 Å². The topological polar surface area (TPSA) is 40.5 Å². The van der Waals surface area contributed by atoms with E-state index in [1.54, 1.807) is 0 Å². The quantitative estimate of drug-likeness (QED) is 0.357. The fraction of sp³-hybridized carbons (Fsp3) is 0.231. The number of benzene rings is 4. The van der Waals surface area contributed by atoms with Gasteiger partial charge in [0.2, 0.25) is 0 Å². The van der Waals surface area contributed by atoms with Crippen LogP contribution >= 0.6 is 0 Å². The van der Waals surface area contributed by atoms with E-state index in [4.69, 9.17) is 0 Å². The summed E-state index contributed by atoms with van der Waals surface area (Å²) >= 11 is 0. The third-order valence-corrected chi connectivity index (χ3v) is 5.83. The second-order valence-corrected chi connectivity index (χ2v) is 8.45. The predicted octanol–water partition coefficient (Wildman–Crippen LogP) is 5.59. The molecule has 0 saturated carbocycles. The lowest BCUT2D eigenvalue weighted by molar-refractivity contribution is 0.426. The van der Waals surface area contributed by atoms with Crippen molar-refractivity contribution in [2.24, 2.45) is 0 Å². The standard InChI is InChI=1S/C26H27BO2/c1-16(2)18-13-19(17(3)4)15-20(14-18)25-21-9-5-7-11-23(21)26(27(28)29)24-12-8-6-10-22(24)25/h5-17,28-29H,1-4H3. The summed E-state index contributed by atoms with van der Waals surface area (Å²) < 4.78 is 0. The highest BCUT2D eigenvalue weighted by Gasteiger charge is 2.22. The minimum Gasteiger partial charge on any atom is -0.423 e. The summed E-state index contributed by atoms with van der Waals surface area (Å²) in [5.41, 5.74) is 5.57. The van der Waals surface area contributed by atoms with E-state index in [2.05, 4.69) is 58.0 Å². The first-order chi connectivity index (χ1) is 13.9. The highest BCUT2D eigenvalue weighted by atomic mass is 16.4. The molecule has 146 valence electrons. The van der Waals surface area contributed by atoms with E-state index in [9.17, 15) is 10.0 Å². The van der Waals surface area contributed by atoms with Crippen molar-refractivity contribution < 1.29 is 10.0 Å². The molecule has 0 bridgehead atoms. The fourth-order valence-electron chi connectivity index (χ4n) is 4.24. The van der Waals surface area contributed by atoms with Gasteiger partial charge in [-0.05, 0) is 61.1 Å². The monoisotopic (exact) mass is 382 g/mol. The van der Waals surface area contributed by atoms with Crippen molar-refractivity contribution in [3.63, 3.8) is 0 Å². The van der Waals surface area contributed by atoms with Crippen molar-refractivity contribution in [2.75, 3.05) is 0 Å². The van der Waals surface area contributed by atoms with Gasteiger partial charge in [0, 0.05) is 0 Å². The average Bonchev–Trinajstić information content (AvgIpc) is 2.71. The summed E-state index contributed by atoms with van der Waals surface area (Å²) in [6.45, 7) is 8.91. The minimum atomic E-state index is -1.52. The molecule has 4 rings (SSSR count). The smallest absolute Gasteiger partial charge is 0.423 e. The van der Waals surface area contributed by atoms with E-state index < -0.39 is 7.12 Å². The molecule has 0 heterocycles. The van der Waals surface area contributed by atoms with Crippen molar-refractivity contribution in [1.29, 1.82) is 0 Å². The molecule has 4 aromatic rings. The lowest BCUT2D eigenvalue weighted by atomic mass is 9.72. The van der Waals surface area contributed by atoms with Crippen molar-refractivity contribution in [3.8, 4) is 11.1 Å². The molecule has 3 heteroatoms. The molecular weight excluding hydrogens is 355 g/mol. The van der Waals surface area contributed by atoms with Crippen LogP contribution in [0, 0.1) is 0 Å². The molecule has 0 aromatic heterocycles. The molecule has 29 heavy (non-hydrogen) atoms. The SMILES string of the molecule is CC(C)c1cc(-c2c3ccccc3c(B(O)O)c3ccccc23)cc(C(C)C)c1. The van der Waals surface area contributed by atoms with Gasteiger partial charge in [0.25, 0.3) is 0 Å². The molecule has 4 aromatic carbocycles. The van der Waals surface area contributed by atoms with Crippen molar-refractivity contribution >= 4 is 34.1 Å². The van der Waals surface area contributed by atoms with Crippen LogP contribution in [0.15, 0.2) is 66.7 Å². The molecule has 0 atom stereocenters. The van der Waals surface area contributed by atoms with E-state index in [1.165, 1.54) is 16.7 Å². The Morgan fingerprint density at radius 1 is 0.621 bits per heavy atom. The molecule has 0 unspecified atom stereocenters. The Hall–Kier alpha value is -2.62. The Morgan fingerprint density at radius 3 is 1.41 bits per heavy atom. The number of rotatable bonds is 4. The average molecular weight is 382 g/mol. The maximum atomic E-state index is 10.2. The summed E-state index contributed by atoms with van der Waals surface area (Å²) in [7, 11) is -1.52. The number of hydrogen-bond donors (Lipinski definition) is 2. The summed E-state index contributed by atoms with van der Waals surface area (Å²) in [4.78, 5) is 0. The zero-order valence-electron chi connectivity index (χ0n) is 17.5. The van der Waals surface area contributed by atoms with E-state index in [0.29, 0.717) is 17.3 Å². The first-order valence-electron chi connectivity index (χ1n) is 10.3. The number of fused-ring (bicyclic) bond motifs is 2. The zero-order chi connectivity index (χ0) is 20.7. The third kappa shape index (κ3) is 3.46. The van der Waals surface area contributed by atoms with Gasteiger partial charge in [-0.25, -0.2) is 0 Å². The van der Waals surface area contributed by atoms with Crippen LogP contribution in [0.2, 0.25) is 0 Å². The first kappa shape index (κ1) is 19.7. The van der Waals surface area contributed by atoms with Gasteiger partial charge in [-0.2, -0.15) is 0 Å². The van der Waals surface area contributed by atoms with E-state index in [0.717, 1.165) is 27.1 Å². The van der Waals surface area contributed by atoms with E-state index >= 15 is 0 Å². The summed E-state index contributed by atoms with van der Waals surface area (Å²) in [6, 6.07) is 23.0. The molecule has 0 saturated heterocycles. The first-order valence-corrected chi connectivity index (χ1v) is 10.3. The predicted molar refractivity (Wildman–Crippen MR) is 125 cm³/mol. The second kappa shape index (κ2) is 7.66. The van der Waals surface area contributed by atoms with Gasteiger partial charge in [0.15, 0.2) is 0 Å². The summed E-state index contributed by atoms with van der Waals surface area (Å²) in [5, 5.41) is 24.2. The van der Waals surface area contributed by atoms with Gasteiger partial charge in [-0.15, -0.1) is 0 Å². The highest BCUT2D eigenvalue weighted by molar-refractivity contribution is 6.66. The van der Waals surface area contributed by atoms with Crippen LogP contribution in [-0.4, -0.2) is 17.2 Å². The number of hydrogen-bond acceptors (Lipinski definition) is 2. The molecule has 2 N–H and O–H groups in total. The molecular formula is C26H27BO2. The molecule has 0 fully saturated rings. The van der Waals surface area contributed by atoms with E-state index in [-0.39, 0.29) is 0 Å². The van der Waals surface area contributed by atoms with Crippen LogP contribution in [-0.2, 0) is 0 Å². The molecule has 0 spiro atoms. The molecule has 0 aliphatic rings. The van der Waals surface area contributed by atoms with Gasteiger partial charge in [0.1, 0.15) is 0 Å². The van der Waals surface area contributed by atoms with E-state index in [1.807, 2.05) is 36.4 Å². The van der Waals surface area contributed by atoms with Crippen molar-refractivity contribution in [2.45, 2.75) is 39.5 Å². The zero-order valence-corrected chi connectivity index (χ0v) is 17.5. The van der Waals surface area contributed by atoms with Crippen LogP contribution < -0.4 is 5.46 Å². The fourth-order valence-corrected chi connectivity index (χ4v) is 4.24. The van der Waals surface area contributed by atoms with Gasteiger partial charge in [-0.3, -0.25) is 0 Å². The largest absolute Gasteiger partial charge is 0.489 e. The Morgan fingerprint density at radius 2 is 1.03 bits per heavy atom. The normalized spacial score (nSPS) is 11.7. The van der Waals surface area contributed by atoms with Crippen LogP contribution in [0.4, 0.5) is 0 Å². The summed E-state index contributed by atoms with van der Waals surface area (Å²) in [6.07, 6.45) is 0. The Balaban J connectivity index is 2.18. The van der Waals surface area contributed by atoms with Gasteiger partial charge >= 0.3 is 7.12 Å². The molecule has 2 nitrogen and oxygen atoms in total. The van der Waals surface area contributed by atoms with Crippen molar-refractivity contribution in [3.05, 3.63) is 77.9 Å². The second-order valence-electron chi connectivity index (χ2n) is 8.45.